The minimum absolute atomic E-state index is 0. The number of benzene rings is 4. The number of phenols is 1. The van der Waals surface area contributed by atoms with Crippen LogP contribution in [0.5, 0.6) is 5.75 Å². The van der Waals surface area contributed by atoms with Crippen LogP contribution in [0.25, 0.3) is 0 Å². The highest BCUT2D eigenvalue weighted by atomic mass is 35.5. The van der Waals surface area contributed by atoms with Crippen molar-refractivity contribution >= 4 is 42.0 Å². The topological polar surface area (TPSA) is 37.3 Å². The van der Waals surface area contributed by atoms with Crippen molar-refractivity contribution in [2.45, 2.75) is 6.92 Å². The monoisotopic (exact) mass is 434 g/mol. The summed E-state index contributed by atoms with van der Waals surface area (Å²) in [4.78, 5) is 10.7. The summed E-state index contributed by atoms with van der Waals surface area (Å²) < 4.78 is 0. The molecule has 30 heavy (non-hydrogen) atoms. The van der Waals surface area contributed by atoms with E-state index in [0.717, 1.165) is 0 Å². The summed E-state index contributed by atoms with van der Waals surface area (Å²) in [7, 11) is -0.446. The van der Waals surface area contributed by atoms with Crippen molar-refractivity contribution in [2.24, 2.45) is 0 Å². The lowest BCUT2D eigenvalue weighted by atomic mass is 10.1. The summed E-state index contributed by atoms with van der Waals surface area (Å²) >= 11 is 0. The van der Waals surface area contributed by atoms with E-state index < -0.39 is 7.92 Å². The second-order valence-electron chi connectivity index (χ2n) is 6.45. The van der Waals surface area contributed by atoms with Gasteiger partial charge in [-0.25, -0.2) is 0 Å². The lowest BCUT2D eigenvalue weighted by molar-refractivity contribution is 0.101. The third kappa shape index (κ3) is 6.56. The Hall–Kier alpha value is -2.93. The van der Waals surface area contributed by atoms with Gasteiger partial charge in [-0.05, 0) is 55.0 Å². The SMILES string of the molecule is CC(=O)c1ccc(O)cc1.Cl.c1ccc(P(c2ccccc2)c2ccccc2)cc1. The predicted octanol–water partition coefficient (Wildman–Crippen LogP) is 5.46. The lowest BCUT2D eigenvalue weighted by Gasteiger charge is -2.18. The maximum atomic E-state index is 10.7. The first-order valence-corrected chi connectivity index (χ1v) is 10.7. The van der Waals surface area contributed by atoms with Crippen LogP contribution in [0.3, 0.4) is 0 Å². The molecule has 0 amide bonds. The van der Waals surface area contributed by atoms with Gasteiger partial charge in [0.05, 0.1) is 0 Å². The fourth-order valence-corrected chi connectivity index (χ4v) is 5.18. The molecule has 1 N–H and O–H groups in total. The van der Waals surface area contributed by atoms with Gasteiger partial charge in [0.15, 0.2) is 5.78 Å². The van der Waals surface area contributed by atoms with Gasteiger partial charge in [-0.3, -0.25) is 4.79 Å². The molecule has 0 heterocycles. The molecule has 0 bridgehead atoms. The van der Waals surface area contributed by atoms with E-state index in [0.29, 0.717) is 5.56 Å². The number of aromatic hydroxyl groups is 1. The standard InChI is InChI=1S/C18H15P.C8H8O2.ClH/c1-4-10-16(11-5-1)19(17-12-6-2-7-13-17)18-14-8-3-9-15-18;1-6(9)7-2-4-8(10)5-3-7;/h1-15H;2-5,10H,1H3;1H. The van der Waals surface area contributed by atoms with E-state index in [4.69, 9.17) is 5.11 Å². The average Bonchev–Trinajstić information content (AvgIpc) is 2.77. The van der Waals surface area contributed by atoms with Crippen LogP contribution in [-0.4, -0.2) is 10.9 Å². The van der Waals surface area contributed by atoms with Gasteiger partial charge < -0.3 is 5.11 Å². The molecule has 0 saturated carbocycles. The zero-order valence-corrected chi connectivity index (χ0v) is 18.4. The molecule has 2 nitrogen and oxygen atoms in total. The van der Waals surface area contributed by atoms with E-state index in [1.807, 2.05) is 0 Å². The zero-order chi connectivity index (χ0) is 20.5. The molecule has 0 aliphatic carbocycles. The van der Waals surface area contributed by atoms with Gasteiger partial charge in [0, 0.05) is 5.56 Å². The normalized spacial score (nSPS) is 9.80. The number of carbonyl (C=O) groups excluding carboxylic acids is 1. The van der Waals surface area contributed by atoms with Crippen LogP contribution in [0, 0.1) is 0 Å². The second-order valence-corrected chi connectivity index (χ2v) is 8.67. The minimum Gasteiger partial charge on any atom is -0.508 e. The number of hydrogen-bond acceptors (Lipinski definition) is 2. The van der Waals surface area contributed by atoms with Crippen LogP contribution in [0.1, 0.15) is 17.3 Å². The molecular weight excluding hydrogens is 411 g/mol. The lowest BCUT2D eigenvalue weighted by Crippen LogP contribution is -2.20. The van der Waals surface area contributed by atoms with Crippen molar-refractivity contribution in [3.63, 3.8) is 0 Å². The Morgan fingerprint density at radius 2 is 0.933 bits per heavy atom. The Balaban J connectivity index is 0.000000249. The van der Waals surface area contributed by atoms with Gasteiger partial charge in [-0.1, -0.05) is 91.0 Å². The Kier molecular flexibility index (Phi) is 9.28. The van der Waals surface area contributed by atoms with Gasteiger partial charge >= 0.3 is 0 Å². The molecule has 0 spiro atoms. The Morgan fingerprint density at radius 1 is 0.600 bits per heavy atom. The van der Waals surface area contributed by atoms with Crippen molar-refractivity contribution in [2.75, 3.05) is 0 Å². The summed E-state index contributed by atoms with van der Waals surface area (Å²) in [5.74, 6) is 0.199. The molecule has 0 radical (unpaired) electrons. The highest BCUT2D eigenvalue weighted by Crippen LogP contribution is 2.32. The molecule has 4 heteroatoms. The number of hydrogen-bond donors (Lipinski definition) is 1. The quantitative estimate of drug-likeness (QED) is 0.342. The van der Waals surface area contributed by atoms with E-state index in [1.54, 1.807) is 12.1 Å². The van der Waals surface area contributed by atoms with Crippen molar-refractivity contribution in [3.05, 3.63) is 121 Å². The van der Waals surface area contributed by atoms with Crippen molar-refractivity contribution in [1.82, 2.24) is 0 Å². The largest absolute Gasteiger partial charge is 0.508 e. The Bertz CT molecular complexity index is 927. The predicted molar refractivity (Wildman–Crippen MR) is 131 cm³/mol. The number of phenolic OH excluding ortho intramolecular Hbond substituents is 1. The molecule has 0 unspecified atom stereocenters. The molecule has 0 fully saturated rings. The summed E-state index contributed by atoms with van der Waals surface area (Å²) in [6.07, 6.45) is 0. The summed E-state index contributed by atoms with van der Waals surface area (Å²) in [6.45, 7) is 1.49. The van der Waals surface area contributed by atoms with Crippen molar-refractivity contribution < 1.29 is 9.90 Å². The first-order valence-electron chi connectivity index (χ1n) is 9.40. The molecule has 0 aliphatic heterocycles. The van der Waals surface area contributed by atoms with Crippen LogP contribution < -0.4 is 15.9 Å². The van der Waals surface area contributed by atoms with Gasteiger partial charge in [0.2, 0.25) is 0 Å². The van der Waals surface area contributed by atoms with Crippen LogP contribution in [-0.2, 0) is 0 Å². The van der Waals surface area contributed by atoms with Crippen LogP contribution in [0.4, 0.5) is 0 Å². The molecular formula is C26H24ClO2P. The van der Waals surface area contributed by atoms with Gasteiger partial charge in [-0.15, -0.1) is 12.4 Å². The average molecular weight is 435 g/mol. The van der Waals surface area contributed by atoms with E-state index in [9.17, 15) is 4.79 Å². The van der Waals surface area contributed by atoms with E-state index >= 15 is 0 Å². The summed E-state index contributed by atoms with van der Waals surface area (Å²) in [6, 6.07) is 38.5. The van der Waals surface area contributed by atoms with Crippen molar-refractivity contribution in [3.8, 4) is 5.75 Å². The summed E-state index contributed by atoms with van der Waals surface area (Å²) in [5, 5.41) is 13.0. The zero-order valence-electron chi connectivity index (χ0n) is 16.7. The van der Waals surface area contributed by atoms with Gasteiger partial charge in [0.25, 0.3) is 0 Å². The molecule has 4 aromatic rings. The minimum atomic E-state index is -0.446. The molecule has 0 aliphatic rings. The van der Waals surface area contributed by atoms with E-state index in [2.05, 4.69) is 91.0 Å². The third-order valence-corrected chi connectivity index (χ3v) is 6.76. The first-order chi connectivity index (χ1) is 14.1. The molecule has 4 aromatic carbocycles. The van der Waals surface area contributed by atoms with Crippen LogP contribution in [0.2, 0.25) is 0 Å². The molecule has 0 saturated heterocycles. The molecule has 152 valence electrons. The first kappa shape index (κ1) is 23.3. The number of rotatable bonds is 4. The molecule has 0 atom stereocenters. The van der Waals surface area contributed by atoms with Gasteiger partial charge in [-0.2, -0.15) is 0 Å². The third-order valence-electron chi connectivity index (χ3n) is 4.32. The fourth-order valence-electron chi connectivity index (χ4n) is 2.87. The van der Waals surface area contributed by atoms with Gasteiger partial charge in [0.1, 0.15) is 5.75 Å². The molecule has 4 rings (SSSR count). The maximum Gasteiger partial charge on any atom is 0.159 e. The van der Waals surface area contributed by atoms with E-state index in [-0.39, 0.29) is 23.9 Å². The number of halogens is 1. The Labute approximate surface area is 185 Å². The van der Waals surface area contributed by atoms with E-state index in [1.165, 1.54) is 35.0 Å². The molecule has 0 aromatic heterocycles. The second kappa shape index (κ2) is 11.9. The fraction of sp³-hybridized carbons (Fsp3) is 0.0385. The number of ketones is 1. The smallest absolute Gasteiger partial charge is 0.159 e. The summed E-state index contributed by atoms with van der Waals surface area (Å²) in [5.41, 5.74) is 0.623. The maximum absolute atomic E-state index is 10.7. The highest BCUT2D eigenvalue weighted by Gasteiger charge is 2.14. The van der Waals surface area contributed by atoms with Crippen LogP contribution in [0.15, 0.2) is 115 Å². The highest BCUT2D eigenvalue weighted by molar-refractivity contribution is 7.79. The Morgan fingerprint density at radius 3 is 1.23 bits per heavy atom. The van der Waals surface area contributed by atoms with Crippen molar-refractivity contribution in [1.29, 1.82) is 0 Å². The number of carbonyl (C=O) groups is 1. The van der Waals surface area contributed by atoms with Crippen LogP contribution >= 0.6 is 20.3 Å². The number of Topliss-reactive ketones (excluding diaryl/α,β-unsaturated/α-hetero) is 1.